The molecule has 122 valence electrons. The summed E-state index contributed by atoms with van der Waals surface area (Å²) in [5, 5.41) is 0. The summed E-state index contributed by atoms with van der Waals surface area (Å²) in [7, 11) is -2.09. The van der Waals surface area contributed by atoms with Gasteiger partial charge in [-0.3, -0.25) is 4.57 Å². The number of thiol groups is 1. The molecule has 0 aliphatic heterocycles. The fraction of sp³-hybridized carbons (Fsp3) is 1.00. The van der Waals surface area contributed by atoms with Crippen molar-refractivity contribution in [3.63, 3.8) is 0 Å². The fourth-order valence-corrected chi connectivity index (χ4v) is 3.75. The van der Waals surface area contributed by atoms with Crippen LogP contribution in [-0.4, -0.2) is 6.61 Å². The average molecular weight is 322 g/mol. The van der Waals surface area contributed by atoms with Crippen LogP contribution in [0.2, 0.25) is 0 Å². The van der Waals surface area contributed by atoms with Crippen LogP contribution in [0.25, 0.3) is 0 Å². The van der Waals surface area contributed by atoms with Crippen LogP contribution in [0.5, 0.6) is 0 Å². The first kappa shape index (κ1) is 20.5. The second-order valence-corrected chi connectivity index (χ2v) is 10.4. The van der Waals surface area contributed by atoms with Gasteiger partial charge >= 0.3 is 0 Å². The summed E-state index contributed by atoms with van der Waals surface area (Å²) in [5.74, 6) is 1.21. The van der Waals surface area contributed by atoms with Crippen molar-refractivity contribution in [2.45, 2.75) is 74.1 Å². The molecule has 0 amide bonds. The van der Waals surface area contributed by atoms with Crippen molar-refractivity contribution in [2.24, 2.45) is 22.7 Å². The van der Waals surface area contributed by atoms with E-state index in [1.54, 1.807) is 0 Å². The predicted octanol–water partition coefficient (Wildman–Crippen LogP) is 6.23. The largest absolute Gasteiger partial charge is 0.323 e. The number of hydrogen-bond acceptors (Lipinski definition) is 2. The van der Waals surface area contributed by atoms with Gasteiger partial charge in [0.25, 0.3) is 0 Å². The van der Waals surface area contributed by atoms with Gasteiger partial charge in [-0.15, -0.1) is 0 Å². The average Bonchev–Trinajstić information content (AvgIpc) is 2.21. The summed E-state index contributed by atoms with van der Waals surface area (Å²) in [4.78, 5) is 0. The Balaban J connectivity index is 4.08. The van der Waals surface area contributed by atoms with Crippen LogP contribution in [0, 0.1) is 22.7 Å². The van der Waals surface area contributed by atoms with Gasteiger partial charge in [0.05, 0.1) is 6.61 Å². The lowest BCUT2D eigenvalue weighted by Gasteiger charge is -2.30. The summed E-state index contributed by atoms with van der Waals surface area (Å²) in [6, 6.07) is 0. The minimum absolute atomic E-state index is 0.321. The molecular formula is C16H35O2PS. The van der Waals surface area contributed by atoms with E-state index in [2.05, 4.69) is 60.7 Å². The van der Waals surface area contributed by atoms with Crippen LogP contribution in [0.3, 0.4) is 0 Å². The van der Waals surface area contributed by atoms with Crippen molar-refractivity contribution >= 4 is 19.5 Å². The summed E-state index contributed by atoms with van der Waals surface area (Å²) in [6.07, 6.45) is 4.91. The molecule has 0 aliphatic rings. The van der Waals surface area contributed by atoms with Crippen LogP contribution >= 0.6 is 19.5 Å². The van der Waals surface area contributed by atoms with Gasteiger partial charge in [-0.05, 0) is 41.9 Å². The topological polar surface area (TPSA) is 26.3 Å². The number of hydrogen-bond donors (Lipinski definition) is 1. The van der Waals surface area contributed by atoms with Crippen molar-refractivity contribution in [2.75, 3.05) is 6.61 Å². The SMILES string of the molecule is CC(CCC(C)(C)CC(C)CO[PH](=O)S)CC(C)(C)C. The summed E-state index contributed by atoms with van der Waals surface area (Å²) in [6.45, 7) is 16.7. The highest BCUT2D eigenvalue weighted by Gasteiger charge is 2.23. The smallest absolute Gasteiger partial charge is 0.243 e. The molecule has 0 aromatic carbocycles. The van der Waals surface area contributed by atoms with Gasteiger partial charge in [0.1, 0.15) is 0 Å². The molecule has 0 aromatic rings. The van der Waals surface area contributed by atoms with Crippen LogP contribution in [0.15, 0.2) is 0 Å². The zero-order chi connectivity index (χ0) is 16.0. The van der Waals surface area contributed by atoms with Crippen molar-refractivity contribution in [1.82, 2.24) is 0 Å². The monoisotopic (exact) mass is 322 g/mol. The predicted molar refractivity (Wildman–Crippen MR) is 94.0 cm³/mol. The summed E-state index contributed by atoms with van der Waals surface area (Å²) in [5.41, 5.74) is 0.741. The first-order chi connectivity index (χ1) is 8.91. The molecule has 0 radical (unpaired) electrons. The molecule has 0 fully saturated rings. The van der Waals surface area contributed by atoms with Gasteiger partial charge in [0, 0.05) is 0 Å². The van der Waals surface area contributed by atoms with Gasteiger partial charge in [-0.1, -0.05) is 67.1 Å². The highest BCUT2D eigenvalue weighted by Crippen LogP contribution is 2.36. The van der Waals surface area contributed by atoms with E-state index in [1.807, 2.05) is 0 Å². The molecular weight excluding hydrogens is 287 g/mol. The number of rotatable bonds is 9. The van der Waals surface area contributed by atoms with Crippen molar-refractivity contribution in [3.05, 3.63) is 0 Å². The fourth-order valence-electron chi connectivity index (χ4n) is 3.10. The first-order valence-corrected chi connectivity index (χ1v) is 10.4. The molecule has 2 nitrogen and oxygen atoms in total. The Morgan fingerprint density at radius 1 is 1.05 bits per heavy atom. The van der Waals surface area contributed by atoms with Crippen molar-refractivity contribution in [1.29, 1.82) is 0 Å². The van der Waals surface area contributed by atoms with E-state index in [0.717, 1.165) is 12.3 Å². The Labute approximate surface area is 132 Å². The van der Waals surface area contributed by atoms with Crippen LogP contribution < -0.4 is 0 Å². The van der Waals surface area contributed by atoms with Gasteiger partial charge in [-0.2, -0.15) is 0 Å². The minimum Gasteiger partial charge on any atom is -0.323 e. The zero-order valence-corrected chi connectivity index (χ0v) is 16.3. The van der Waals surface area contributed by atoms with E-state index in [9.17, 15) is 4.57 Å². The van der Waals surface area contributed by atoms with Gasteiger partial charge < -0.3 is 4.52 Å². The quantitative estimate of drug-likeness (QED) is 0.402. The zero-order valence-electron chi connectivity index (χ0n) is 14.5. The molecule has 0 rings (SSSR count). The highest BCUT2D eigenvalue weighted by molar-refractivity contribution is 8.39. The molecule has 0 N–H and O–H groups in total. The van der Waals surface area contributed by atoms with Gasteiger partial charge in [0.2, 0.25) is 7.23 Å². The van der Waals surface area contributed by atoms with E-state index in [-0.39, 0.29) is 0 Å². The van der Waals surface area contributed by atoms with Gasteiger partial charge in [-0.25, -0.2) is 0 Å². The third-order valence-corrected chi connectivity index (χ3v) is 4.47. The molecule has 3 atom stereocenters. The molecule has 0 saturated carbocycles. The minimum atomic E-state index is -2.09. The van der Waals surface area contributed by atoms with Crippen molar-refractivity contribution < 1.29 is 9.09 Å². The third kappa shape index (κ3) is 12.3. The molecule has 0 heterocycles. The van der Waals surface area contributed by atoms with Crippen LogP contribution in [0.4, 0.5) is 0 Å². The van der Waals surface area contributed by atoms with E-state index >= 15 is 0 Å². The van der Waals surface area contributed by atoms with Crippen molar-refractivity contribution in [3.8, 4) is 0 Å². The Morgan fingerprint density at radius 2 is 1.60 bits per heavy atom. The normalized spacial score (nSPS) is 17.8. The molecule has 0 bridgehead atoms. The van der Waals surface area contributed by atoms with E-state index in [0.29, 0.717) is 23.4 Å². The molecule has 0 aromatic heterocycles. The standard InChI is InChI=1S/C16H35O2PS/c1-13(10-15(3,4)5)8-9-16(6,7)11-14(2)12-18-19(17)20/h13-14,19H,8-12H2,1-7H3,(H,17,20). The first-order valence-electron chi connectivity index (χ1n) is 7.77. The molecule has 20 heavy (non-hydrogen) atoms. The highest BCUT2D eigenvalue weighted by atomic mass is 32.7. The van der Waals surface area contributed by atoms with Crippen LogP contribution in [0.1, 0.15) is 74.1 Å². The summed E-state index contributed by atoms with van der Waals surface area (Å²) < 4.78 is 16.0. The Morgan fingerprint density at radius 3 is 2.05 bits per heavy atom. The molecule has 3 unspecified atom stereocenters. The lowest BCUT2D eigenvalue weighted by Crippen LogP contribution is -2.20. The lowest BCUT2D eigenvalue weighted by atomic mass is 9.76. The maximum absolute atomic E-state index is 10.9. The second-order valence-electron chi connectivity index (χ2n) is 8.46. The molecule has 0 saturated heterocycles. The van der Waals surface area contributed by atoms with Gasteiger partial charge in [0.15, 0.2) is 0 Å². The van der Waals surface area contributed by atoms with E-state index < -0.39 is 7.23 Å². The van der Waals surface area contributed by atoms with E-state index in [4.69, 9.17) is 4.52 Å². The molecule has 0 aliphatic carbocycles. The second kappa shape index (κ2) is 8.86. The van der Waals surface area contributed by atoms with E-state index in [1.165, 1.54) is 19.3 Å². The maximum atomic E-state index is 10.9. The molecule has 0 spiro atoms. The Kier molecular flexibility index (Phi) is 9.09. The Bertz CT molecular complexity index is 297. The summed E-state index contributed by atoms with van der Waals surface area (Å²) >= 11 is 3.82. The lowest BCUT2D eigenvalue weighted by molar-refractivity contribution is 0.181. The Hall–Kier alpha value is 0.540. The third-order valence-electron chi connectivity index (χ3n) is 3.67. The maximum Gasteiger partial charge on any atom is 0.243 e. The molecule has 4 heteroatoms. The van der Waals surface area contributed by atoms with Crippen LogP contribution in [-0.2, 0) is 9.09 Å².